The number of carbonyl (C=O) groups excluding carboxylic acids is 3. The van der Waals surface area contributed by atoms with Crippen molar-refractivity contribution in [3.8, 4) is 0 Å². The average Bonchev–Trinajstić information content (AvgIpc) is 3.21. The molecule has 1 aromatic carbocycles. The molecule has 0 radical (unpaired) electrons. The highest BCUT2D eigenvalue weighted by Crippen LogP contribution is 2.33. The zero-order valence-corrected chi connectivity index (χ0v) is 15.6. The normalized spacial score (nSPS) is 22.6. The number of piperidine rings is 1. The van der Waals surface area contributed by atoms with Crippen molar-refractivity contribution < 1.29 is 23.9 Å². The number of likely N-dealkylation sites (tertiary alicyclic amines) is 1. The van der Waals surface area contributed by atoms with Crippen LogP contribution < -0.4 is 0 Å². The van der Waals surface area contributed by atoms with E-state index in [0.29, 0.717) is 50.3 Å². The summed E-state index contributed by atoms with van der Waals surface area (Å²) in [4.78, 5) is 41.8. The minimum absolute atomic E-state index is 0.186. The van der Waals surface area contributed by atoms with Crippen molar-refractivity contribution in [3.63, 3.8) is 0 Å². The molecule has 144 valence electrons. The summed E-state index contributed by atoms with van der Waals surface area (Å²) in [6, 6.07) is 5.92. The third kappa shape index (κ3) is 2.95. The molecule has 0 saturated carbocycles. The minimum atomic E-state index is -0.808. The number of amides is 3. The summed E-state index contributed by atoms with van der Waals surface area (Å²) in [6.45, 7) is 5.87. The lowest BCUT2D eigenvalue weighted by Crippen LogP contribution is -2.56. The zero-order chi connectivity index (χ0) is 19.2. The molecule has 1 unspecified atom stereocenters. The van der Waals surface area contributed by atoms with Crippen LogP contribution in [0.15, 0.2) is 24.3 Å². The maximum Gasteiger partial charge on any atom is 0.262 e. The Labute approximate surface area is 158 Å². The van der Waals surface area contributed by atoms with Gasteiger partial charge in [-0.25, -0.2) is 0 Å². The lowest BCUT2D eigenvalue weighted by molar-refractivity contribution is -0.188. The van der Waals surface area contributed by atoms with Gasteiger partial charge in [0.2, 0.25) is 5.91 Å². The zero-order valence-electron chi connectivity index (χ0n) is 15.6. The van der Waals surface area contributed by atoms with Gasteiger partial charge in [0.05, 0.1) is 24.3 Å². The van der Waals surface area contributed by atoms with Gasteiger partial charge in [-0.05, 0) is 18.1 Å². The Hall–Kier alpha value is -2.25. The Kier molecular flexibility index (Phi) is 4.52. The molecule has 1 spiro atoms. The smallest absolute Gasteiger partial charge is 0.262 e. The quantitative estimate of drug-likeness (QED) is 0.755. The highest BCUT2D eigenvalue weighted by molar-refractivity contribution is 6.22. The number of nitrogens with zero attached hydrogens (tertiary/aromatic N) is 2. The average molecular weight is 372 g/mol. The van der Waals surface area contributed by atoms with Crippen LogP contribution in [0, 0.1) is 5.92 Å². The summed E-state index contributed by atoms with van der Waals surface area (Å²) in [6.07, 6.45) is 1.21. The van der Waals surface area contributed by atoms with Crippen molar-refractivity contribution in [1.82, 2.24) is 9.80 Å². The van der Waals surface area contributed by atoms with E-state index in [1.165, 1.54) is 0 Å². The summed E-state index contributed by atoms with van der Waals surface area (Å²) in [5, 5.41) is 0. The third-order valence-corrected chi connectivity index (χ3v) is 5.64. The van der Waals surface area contributed by atoms with Crippen LogP contribution in [0.25, 0.3) is 0 Å². The molecular weight excluding hydrogens is 348 g/mol. The molecule has 0 bridgehead atoms. The third-order valence-electron chi connectivity index (χ3n) is 5.64. The molecule has 2 saturated heterocycles. The van der Waals surface area contributed by atoms with Gasteiger partial charge in [0, 0.05) is 25.9 Å². The fourth-order valence-corrected chi connectivity index (χ4v) is 4.19. The van der Waals surface area contributed by atoms with E-state index >= 15 is 0 Å². The van der Waals surface area contributed by atoms with Gasteiger partial charge in [-0.3, -0.25) is 19.3 Å². The molecule has 1 atom stereocenters. The van der Waals surface area contributed by atoms with Gasteiger partial charge in [-0.15, -0.1) is 0 Å². The van der Waals surface area contributed by atoms with Gasteiger partial charge in [0.1, 0.15) is 6.04 Å². The Morgan fingerprint density at radius 3 is 2.00 bits per heavy atom. The lowest BCUT2D eigenvalue weighted by Gasteiger charge is -2.40. The van der Waals surface area contributed by atoms with Crippen LogP contribution in [-0.2, 0) is 14.3 Å². The van der Waals surface area contributed by atoms with E-state index in [4.69, 9.17) is 9.47 Å². The molecule has 7 heteroatoms. The monoisotopic (exact) mass is 372 g/mol. The molecule has 27 heavy (non-hydrogen) atoms. The topological polar surface area (TPSA) is 76.2 Å². The number of ether oxygens (including phenoxy) is 2. The SMILES string of the molecule is CC(C)C(C(=O)N1CCC2(CC1)OCCO2)N1C(=O)c2ccccc2C1=O. The maximum atomic E-state index is 13.3. The highest BCUT2D eigenvalue weighted by atomic mass is 16.7. The Balaban J connectivity index is 1.54. The molecule has 0 aromatic heterocycles. The number of carbonyl (C=O) groups is 3. The Morgan fingerprint density at radius 1 is 1.00 bits per heavy atom. The number of hydrogen-bond donors (Lipinski definition) is 0. The van der Waals surface area contributed by atoms with E-state index < -0.39 is 23.6 Å². The number of rotatable bonds is 3. The number of imide groups is 1. The summed E-state index contributed by atoms with van der Waals surface area (Å²) in [7, 11) is 0. The van der Waals surface area contributed by atoms with E-state index in [1.807, 2.05) is 13.8 Å². The number of benzene rings is 1. The van der Waals surface area contributed by atoms with Crippen LogP contribution in [0.4, 0.5) is 0 Å². The molecular formula is C20H24N2O5. The van der Waals surface area contributed by atoms with Crippen LogP contribution in [0.3, 0.4) is 0 Å². The van der Waals surface area contributed by atoms with Crippen molar-refractivity contribution in [2.45, 2.75) is 38.5 Å². The standard InChI is InChI=1S/C20H24N2O5/c1-13(2)16(22-17(23)14-5-3-4-6-15(14)18(22)24)19(25)21-9-7-20(8-10-21)26-11-12-27-20/h3-6,13,16H,7-12H2,1-2H3. The molecule has 3 aliphatic rings. The summed E-state index contributed by atoms with van der Waals surface area (Å²) in [5.41, 5.74) is 0.734. The minimum Gasteiger partial charge on any atom is -0.347 e. The largest absolute Gasteiger partial charge is 0.347 e. The summed E-state index contributed by atoms with van der Waals surface area (Å²) < 4.78 is 11.4. The second kappa shape index (κ2) is 6.73. The van der Waals surface area contributed by atoms with Crippen molar-refractivity contribution >= 4 is 17.7 Å². The molecule has 4 rings (SSSR count). The highest BCUT2D eigenvalue weighted by Gasteiger charge is 2.47. The molecule has 1 aromatic rings. The summed E-state index contributed by atoms with van der Waals surface area (Å²) in [5.74, 6) is -1.72. The van der Waals surface area contributed by atoms with Crippen molar-refractivity contribution in [2.24, 2.45) is 5.92 Å². The van der Waals surface area contributed by atoms with Gasteiger partial charge in [-0.1, -0.05) is 26.0 Å². The van der Waals surface area contributed by atoms with E-state index in [2.05, 4.69) is 0 Å². The van der Waals surface area contributed by atoms with Crippen LogP contribution in [0.1, 0.15) is 47.4 Å². The molecule has 0 N–H and O–H groups in total. The van der Waals surface area contributed by atoms with Crippen LogP contribution in [0.5, 0.6) is 0 Å². The summed E-state index contributed by atoms with van der Waals surface area (Å²) >= 11 is 0. The first-order valence-electron chi connectivity index (χ1n) is 9.47. The predicted octanol–water partition coefficient (Wildman–Crippen LogP) is 1.67. The number of hydrogen-bond acceptors (Lipinski definition) is 5. The van der Waals surface area contributed by atoms with E-state index in [9.17, 15) is 14.4 Å². The molecule has 3 aliphatic heterocycles. The van der Waals surface area contributed by atoms with Crippen molar-refractivity contribution in [3.05, 3.63) is 35.4 Å². The second-order valence-corrected chi connectivity index (χ2v) is 7.65. The van der Waals surface area contributed by atoms with Gasteiger partial charge >= 0.3 is 0 Å². The number of fused-ring (bicyclic) bond motifs is 1. The van der Waals surface area contributed by atoms with E-state index in [1.54, 1.807) is 29.2 Å². The van der Waals surface area contributed by atoms with E-state index in [0.717, 1.165) is 4.90 Å². The van der Waals surface area contributed by atoms with Gasteiger partial charge in [0.15, 0.2) is 5.79 Å². The first kappa shape index (κ1) is 18.1. The Bertz CT molecular complexity index is 739. The lowest BCUT2D eigenvalue weighted by atomic mass is 9.97. The van der Waals surface area contributed by atoms with Crippen LogP contribution in [0.2, 0.25) is 0 Å². The van der Waals surface area contributed by atoms with Gasteiger partial charge in [-0.2, -0.15) is 0 Å². The molecule has 7 nitrogen and oxygen atoms in total. The van der Waals surface area contributed by atoms with Crippen LogP contribution >= 0.6 is 0 Å². The fraction of sp³-hybridized carbons (Fsp3) is 0.550. The van der Waals surface area contributed by atoms with Crippen LogP contribution in [-0.4, -0.2) is 65.7 Å². The fourth-order valence-electron chi connectivity index (χ4n) is 4.19. The van der Waals surface area contributed by atoms with Crippen molar-refractivity contribution in [1.29, 1.82) is 0 Å². The van der Waals surface area contributed by atoms with Gasteiger partial charge in [0.25, 0.3) is 11.8 Å². The first-order chi connectivity index (χ1) is 12.9. The van der Waals surface area contributed by atoms with Gasteiger partial charge < -0.3 is 14.4 Å². The van der Waals surface area contributed by atoms with Crippen molar-refractivity contribution in [2.75, 3.05) is 26.3 Å². The predicted molar refractivity (Wildman–Crippen MR) is 96.0 cm³/mol. The Morgan fingerprint density at radius 2 is 1.52 bits per heavy atom. The first-order valence-corrected chi connectivity index (χ1v) is 9.47. The maximum absolute atomic E-state index is 13.3. The molecule has 3 heterocycles. The van der Waals surface area contributed by atoms with E-state index in [-0.39, 0.29) is 11.8 Å². The second-order valence-electron chi connectivity index (χ2n) is 7.65. The molecule has 3 amide bonds. The molecule has 2 fully saturated rings. The molecule has 0 aliphatic carbocycles.